The molecule has 0 aromatic carbocycles. The van der Waals surface area contributed by atoms with Gasteiger partial charge in [-0.15, -0.1) is 0 Å². The highest BCUT2D eigenvalue weighted by molar-refractivity contribution is 5.01. The SMILES string of the molecule is CCC(CC)n1ccc(CC(O)COC)n1. The number of ether oxygens (including phenoxy) is 1. The molecule has 0 aliphatic heterocycles. The molecule has 1 rings (SSSR count). The first-order valence-electron chi connectivity index (χ1n) is 5.92. The minimum Gasteiger partial charge on any atom is -0.390 e. The van der Waals surface area contributed by atoms with Crippen LogP contribution in [0.4, 0.5) is 0 Å². The number of aromatic nitrogens is 2. The van der Waals surface area contributed by atoms with Gasteiger partial charge in [-0.25, -0.2) is 0 Å². The molecule has 0 spiro atoms. The second-order valence-electron chi connectivity index (χ2n) is 4.07. The van der Waals surface area contributed by atoms with E-state index in [1.807, 2.05) is 16.9 Å². The topological polar surface area (TPSA) is 47.3 Å². The van der Waals surface area contributed by atoms with Gasteiger partial charge in [-0.3, -0.25) is 4.68 Å². The summed E-state index contributed by atoms with van der Waals surface area (Å²) < 4.78 is 6.88. The van der Waals surface area contributed by atoms with Gasteiger partial charge < -0.3 is 9.84 Å². The van der Waals surface area contributed by atoms with Crippen molar-refractivity contribution in [2.45, 2.75) is 45.3 Å². The zero-order valence-corrected chi connectivity index (χ0v) is 10.4. The first kappa shape index (κ1) is 13.2. The summed E-state index contributed by atoms with van der Waals surface area (Å²) in [6, 6.07) is 2.44. The van der Waals surface area contributed by atoms with E-state index >= 15 is 0 Å². The van der Waals surface area contributed by atoms with Crippen molar-refractivity contribution >= 4 is 0 Å². The maximum Gasteiger partial charge on any atom is 0.0829 e. The van der Waals surface area contributed by atoms with Gasteiger partial charge in [-0.2, -0.15) is 5.10 Å². The predicted molar refractivity (Wildman–Crippen MR) is 63.4 cm³/mol. The molecule has 0 bridgehead atoms. The lowest BCUT2D eigenvalue weighted by molar-refractivity contribution is 0.0643. The number of aliphatic hydroxyl groups is 1. The van der Waals surface area contributed by atoms with Gasteiger partial charge in [0.05, 0.1) is 24.4 Å². The molecular formula is C12H22N2O2. The van der Waals surface area contributed by atoms with E-state index in [9.17, 15) is 5.11 Å². The van der Waals surface area contributed by atoms with Crippen LogP contribution in [0, 0.1) is 0 Å². The molecule has 92 valence electrons. The van der Waals surface area contributed by atoms with Gasteiger partial charge in [0.2, 0.25) is 0 Å². The minimum atomic E-state index is -0.463. The van der Waals surface area contributed by atoms with Crippen LogP contribution in [0.2, 0.25) is 0 Å². The van der Waals surface area contributed by atoms with Crippen molar-refractivity contribution in [1.29, 1.82) is 0 Å². The van der Waals surface area contributed by atoms with E-state index in [2.05, 4.69) is 18.9 Å². The Morgan fingerprint density at radius 2 is 2.12 bits per heavy atom. The van der Waals surface area contributed by atoms with Crippen molar-refractivity contribution in [2.75, 3.05) is 13.7 Å². The lowest BCUT2D eigenvalue weighted by atomic mass is 10.2. The molecule has 0 saturated heterocycles. The van der Waals surface area contributed by atoms with Gasteiger partial charge >= 0.3 is 0 Å². The maximum absolute atomic E-state index is 9.59. The molecule has 1 aromatic rings. The van der Waals surface area contributed by atoms with Gasteiger partial charge in [-0.1, -0.05) is 13.8 Å². The molecule has 0 aliphatic carbocycles. The normalized spacial score (nSPS) is 13.3. The standard InChI is InChI=1S/C12H22N2O2/c1-4-11(5-2)14-7-6-10(13-14)8-12(15)9-16-3/h6-7,11-12,15H,4-5,8-9H2,1-3H3. The number of methoxy groups -OCH3 is 1. The Hall–Kier alpha value is -0.870. The highest BCUT2D eigenvalue weighted by atomic mass is 16.5. The Kier molecular flexibility index (Phi) is 5.49. The number of hydrogen-bond donors (Lipinski definition) is 1. The zero-order valence-electron chi connectivity index (χ0n) is 10.4. The van der Waals surface area contributed by atoms with Crippen LogP contribution < -0.4 is 0 Å². The molecule has 0 amide bonds. The fraction of sp³-hybridized carbons (Fsp3) is 0.750. The number of nitrogens with zero attached hydrogens (tertiary/aromatic N) is 2. The van der Waals surface area contributed by atoms with E-state index in [0.29, 0.717) is 19.1 Å². The molecule has 1 N–H and O–H groups in total. The first-order valence-corrected chi connectivity index (χ1v) is 5.92. The van der Waals surface area contributed by atoms with Crippen molar-refractivity contribution in [3.8, 4) is 0 Å². The second kappa shape index (κ2) is 6.66. The minimum absolute atomic E-state index is 0.359. The second-order valence-corrected chi connectivity index (χ2v) is 4.07. The third-order valence-electron chi connectivity index (χ3n) is 2.78. The van der Waals surface area contributed by atoms with Gasteiger partial charge in [-0.05, 0) is 18.9 Å². The molecule has 1 atom stereocenters. The smallest absolute Gasteiger partial charge is 0.0829 e. The molecule has 0 radical (unpaired) electrons. The molecular weight excluding hydrogens is 204 g/mol. The quantitative estimate of drug-likeness (QED) is 0.771. The van der Waals surface area contributed by atoms with Crippen molar-refractivity contribution in [3.05, 3.63) is 18.0 Å². The van der Waals surface area contributed by atoms with Crippen molar-refractivity contribution in [1.82, 2.24) is 9.78 Å². The average Bonchev–Trinajstić information content (AvgIpc) is 2.68. The fourth-order valence-electron chi connectivity index (χ4n) is 1.85. The average molecular weight is 226 g/mol. The molecule has 0 fully saturated rings. The molecule has 4 nitrogen and oxygen atoms in total. The summed E-state index contributed by atoms with van der Waals surface area (Å²) >= 11 is 0. The molecule has 0 saturated carbocycles. The summed E-state index contributed by atoms with van der Waals surface area (Å²) in [6.07, 6.45) is 4.25. The zero-order chi connectivity index (χ0) is 12.0. The monoisotopic (exact) mass is 226 g/mol. The van der Waals surface area contributed by atoms with Crippen LogP contribution in [0.3, 0.4) is 0 Å². The Bertz CT molecular complexity index is 295. The van der Waals surface area contributed by atoms with E-state index in [1.165, 1.54) is 0 Å². The molecule has 0 aliphatic rings. The van der Waals surface area contributed by atoms with Gasteiger partial charge in [0.25, 0.3) is 0 Å². The van der Waals surface area contributed by atoms with Gasteiger partial charge in [0, 0.05) is 19.7 Å². The van der Waals surface area contributed by atoms with Crippen molar-refractivity contribution < 1.29 is 9.84 Å². The fourth-order valence-corrected chi connectivity index (χ4v) is 1.85. The van der Waals surface area contributed by atoms with Crippen molar-refractivity contribution in [3.63, 3.8) is 0 Å². The van der Waals surface area contributed by atoms with E-state index in [1.54, 1.807) is 7.11 Å². The third-order valence-corrected chi connectivity index (χ3v) is 2.78. The van der Waals surface area contributed by atoms with E-state index in [0.717, 1.165) is 18.5 Å². The summed E-state index contributed by atoms with van der Waals surface area (Å²) in [4.78, 5) is 0. The Morgan fingerprint density at radius 1 is 1.44 bits per heavy atom. The van der Waals surface area contributed by atoms with Crippen LogP contribution in [0.5, 0.6) is 0 Å². The third kappa shape index (κ3) is 3.61. The summed E-state index contributed by atoms with van der Waals surface area (Å²) in [5.41, 5.74) is 0.927. The van der Waals surface area contributed by atoms with Crippen LogP contribution in [0.15, 0.2) is 12.3 Å². The number of hydrogen-bond acceptors (Lipinski definition) is 3. The summed E-state index contributed by atoms with van der Waals surface area (Å²) in [7, 11) is 1.59. The number of rotatable bonds is 7. The Labute approximate surface area is 97.2 Å². The summed E-state index contributed by atoms with van der Waals surface area (Å²) in [5.74, 6) is 0. The summed E-state index contributed by atoms with van der Waals surface area (Å²) in [6.45, 7) is 4.68. The summed E-state index contributed by atoms with van der Waals surface area (Å²) in [5, 5.41) is 14.1. The van der Waals surface area contributed by atoms with Crippen molar-refractivity contribution in [2.24, 2.45) is 0 Å². The molecule has 1 aromatic heterocycles. The molecule has 16 heavy (non-hydrogen) atoms. The maximum atomic E-state index is 9.59. The first-order chi connectivity index (χ1) is 7.71. The lowest BCUT2D eigenvalue weighted by Gasteiger charge is -2.12. The van der Waals surface area contributed by atoms with E-state index < -0.39 is 6.10 Å². The predicted octanol–water partition coefficient (Wildman–Crippen LogP) is 1.79. The van der Waals surface area contributed by atoms with Crippen LogP contribution >= 0.6 is 0 Å². The van der Waals surface area contributed by atoms with Crippen LogP contribution in [-0.4, -0.2) is 34.7 Å². The van der Waals surface area contributed by atoms with E-state index in [-0.39, 0.29) is 0 Å². The lowest BCUT2D eigenvalue weighted by Crippen LogP contribution is -2.17. The van der Waals surface area contributed by atoms with Crippen LogP contribution in [0.25, 0.3) is 0 Å². The van der Waals surface area contributed by atoms with E-state index in [4.69, 9.17) is 4.74 Å². The highest BCUT2D eigenvalue weighted by Gasteiger charge is 2.10. The van der Waals surface area contributed by atoms with Crippen LogP contribution in [-0.2, 0) is 11.2 Å². The van der Waals surface area contributed by atoms with Gasteiger partial charge in [0.1, 0.15) is 0 Å². The molecule has 4 heteroatoms. The molecule has 1 heterocycles. The number of aliphatic hydroxyl groups excluding tert-OH is 1. The van der Waals surface area contributed by atoms with Crippen LogP contribution in [0.1, 0.15) is 38.4 Å². The van der Waals surface area contributed by atoms with Gasteiger partial charge in [0.15, 0.2) is 0 Å². The Morgan fingerprint density at radius 3 is 2.69 bits per heavy atom. The molecule has 1 unspecified atom stereocenters. The largest absolute Gasteiger partial charge is 0.390 e. The Balaban J connectivity index is 2.57. The highest BCUT2D eigenvalue weighted by Crippen LogP contribution is 2.14.